The zero-order valence-electron chi connectivity index (χ0n) is 10.9. The molecule has 1 aliphatic carbocycles. The van der Waals surface area contributed by atoms with E-state index >= 15 is 0 Å². The summed E-state index contributed by atoms with van der Waals surface area (Å²) in [5, 5.41) is 0. The molecule has 0 radical (unpaired) electrons. The van der Waals surface area contributed by atoms with Gasteiger partial charge >= 0.3 is 0 Å². The van der Waals surface area contributed by atoms with Gasteiger partial charge in [-0.25, -0.2) is 17.5 Å². The van der Waals surface area contributed by atoms with Crippen molar-refractivity contribution in [3.05, 3.63) is 24.0 Å². The number of halogens is 1. The van der Waals surface area contributed by atoms with Gasteiger partial charge in [0.05, 0.1) is 5.69 Å². The van der Waals surface area contributed by atoms with Gasteiger partial charge in [0.2, 0.25) is 10.0 Å². The van der Waals surface area contributed by atoms with Crippen molar-refractivity contribution in [3.8, 4) is 0 Å². The summed E-state index contributed by atoms with van der Waals surface area (Å²) < 4.78 is 40.0. The van der Waals surface area contributed by atoms with Crippen LogP contribution in [0.1, 0.15) is 26.2 Å². The van der Waals surface area contributed by atoms with E-state index in [-0.39, 0.29) is 10.6 Å². The quantitative estimate of drug-likeness (QED) is 0.833. The number of para-hydroxylation sites is 1. The highest BCUT2D eigenvalue weighted by atomic mass is 32.2. The first-order chi connectivity index (χ1) is 8.90. The van der Waals surface area contributed by atoms with Crippen molar-refractivity contribution in [2.45, 2.75) is 31.1 Å². The van der Waals surface area contributed by atoms with Gasteiger partial charge in [-0.2, -0.15) is 0 Å². The van der Waals surface area contributed by atoms with E-state index < -0.39 is 15.8 Å². The molecule has 0 heterocycles. The second-order valence-electron chi connectivity index (χ2n) is 5.29. The first kappa shape index (κ1) is 14.3. The van der Waals surface area contributed by atoms with E-state index in [4.69, 9.17) is 5.73 Å². The van der Waals surface area contributed by atoms with E-state index in [0.29, 0.717) is 18.4 Å². The summed E-state index contributed by atoms with van der Waals surface area (Å²) in [5.74, 6) is 0.297. The number of nitrogens with one attached hydrogen (secondary N) is 1. The number of nitrogen functional groups attached to an aromatic ring is 1. The maximum Gasteiger partial charge on any atom is 0.242 e. The molecule has 1 saturated carbocycles. The van der Waals surface area contributed by atoms with Crippen molar-refractivity contribution in [1.82, 2.24) is 4.72 Å². The molecule has 4 nitrogen and oxygen atoms in total. The molecule has 19 heavy (non-hydrogen) atoms. The van der Waals surface area contributed by atoms with Crippen LogP contribution in [0.25, 0.3) is 0 Å². The Bertz CT molecular complexity index is 560. The number of benzene rings is 1. The molecule has 1 aromatic carbocycles. The van der Waals surface area contributed by atoms with Gasteiger partial charge in [-0.3, -0.25) is 0 Å². The van der Waals surface area contributed by atoms with Crippen LogP contribution < -0.4 is 10.5 Å². The first-order valence-electron chi connectivity index (χ1n) is 6.44. The largest absolute Gasteiger partial charge is 0.395 e. The molecular formula is C13H19FN2O2S. The van der Waals surface area contributed by atoms with Crippen LogP contribution in [-0.4, -0.2) is 15.0 Å². The zero-order valence-corrected chi connectivity index (χ0v) is 11.7. The second-order valence-corrected chi connectivity index (χ2v) is 7.02. The highest BCUT2D eigenvalue weighted by Gasteiger charge is 2.25. The lowest BCUT2D eigenvalue weighted by Gasteiger charge is -2.13. The summed E-state index contributed by atoms with van der Waals surface area (Å²) >= 11 is 0. The monoisotopic (exact) mass is 286 g/mol. The number of nitrogens with two attached hydrogens (primary N) is 1. The highest BCUT2D eigenvalue weighted by Crippen LogP contribution is 2.30. The Kier molecular flexibility index (Phi) is 4.10. The Balaban J connectivity index is 2.08. The van der Waals surface area contributed by atoms with Crippen LogP contribution in [-0.2, 0) is 10.0 Å². The fraction of sp³-hybridized carbons (Fsp3) is 0.538. The topological polar surface area (TPSA) is 72.2 Å². The van der Waals surface area contributed by atoms with Crippen LogP contribution in [0.2, 0.25) is 0 Å². The zero-order chi connectivity index (χ0) is 14.0. The summed E-state index contributed by atoms with van der Waals surface area (Å²) in [6, 6.07) is 3.81. The van der Waals surface area contributed by atoms with Crippen LogP contribution in [0.5, 0.6) is 0 Å². The number of rotatable bonds is 4. The summed E-state index contributed by atoms with van der Waals surface area (Å²) in [4.78, 5) is -0.182. The lowest BCUT2D eigenvalue weighted by atomic mass is 10.1. The Morgan fingerprint density at radius 2 is 2.16 bits per heavy atom. The fourth-order valence-electron chi connectivity index (χ4n) is 2.57. The van der Waals surface area contributed by atoms with Gasteiger partial charge in [0.25, 0.3) is 0 Å². The molecule has 0 spiro atoms. The summed E-state index contributed by atoms with van der Waals surface area (Å²) in [6.07, 6.45) is 3.19. The van der Waals surface area contributed by atoms with Gasteiger partial charge in [-0.15, -0.1) is 0 Å². The van der Waals surface area contributed by atoms with E-state index in [9.17, 15) is 12.8 Å². The molecule has 6 heteroatoms. The Morgan fingerprint density at radius 3 is 2.79 bits per heavy atom. The third-order valence-electron chi connectivity index (χ3n) is 3.67. The highest BCUT2D eigenvalue weighted by molar-refractivity contribution is 7.89. The number of anilines is 1. The standard InChI is InChI=1S/C13H19FN2O2S/c1-9-5-6-10(7-9)8-16-19(17,18)12-4-2-3-11(14)13(12)15/h2-4,9-10,16H,5-8,15H2,1H3. The van der Waals surface area contributed by atoms with Crippen molar-refractivity contribution in [2.75, 3.05) is 12.3 Å². The van der Waals surface area contributed by atoms with Crippen molar-refractivity contribution >= 4 is 15.7 Å². The van der Waals surface area contributed by atoms with Crippen LogP contribution >= 0.6 is 0 Å². The lowest BCUT2D eigenvalue weighted by molar-refractivity contribution is 0.498. The molecule has 2 atom stereocenters. The molecule has 106 valence electrons. The number of sulfonamides is 1. The fourth-order valence-corrected chi connectivity index (χ4v) is 3.82. The normalized spacial score (nSPS) is 23.7. The molecule has 3 N–H and O–H groups in total. The molecule has 1 fully saturated rings. The smallest absolute Gasteiger partial charge is 0.242 e. The van der Waals surface area contributed by atoms with E-state index in [0.717, 1.165) is 25.3 Å². The van der Waals surface area contributed by atoms with E-state index in [1.807, 2.05) is 0 Å². The number of hydrogen-bond donors (Lipinski definition) is 2. The summed E-state index contributed by atoms with van der Waals surface area (Å²) in [7, 11) is -3.73. The molecule has 0 amide bonds. The van der Waals surface area contributed by atoms with E-state index in [1.54, 1.807) is 0 Å². The van der Waals surface area contributed by atoms with Crippen molar-refractivity contribution < 1.29 is 12.8 Å². The maximum atomic E-state index is 13.3. The molecule has 0 saturated heterocycles. The summed E-state index contributed by atoms with van der Waals surface area (Å²) in [5.41, 5.74) is 5.16. The molecule has 0 aromatic heterocycles. The van der Waals surface area contributed by atoms with Gasteiger partial charge in [-0.1, -0.05) is 19.4 Å². The van der Waals surface area contributed by atoms with Gasteiger partial charge in [0, 0.05) is 6.54 Å². The summed E-state index contributed by atoms with van der Waals surface area (Å²) in [6.45, 7) is 2.56. The molecule has 2 rings (SSSR count). The molecule has 1 aliphatic rings. The second kappa shape index (κ2) is 5.46. The van der Waals surface area contributed by atoms with Crippen LogP contribution in [0.4, 0.5) is 10.1 Å². The molecule has 2 unspecified atom stereocenters. The van der Waals surface area contributed by atoms with Gasteiger partial charge in [0.1, 0.15) is 10.7 Å². The molecule has 0 bridgehead atoms. The van der Waals surface area contributed by atoms with Crippen molar-refractivity contribution in [1.29, 1.82) is 0 Å². The minimum Gasteiger partial charge on any atom is -0.395 e. The van der Waals surface area contributed by atoms with Crippen molar-refractivity contribution in [2.24, 2.45) is 11.8 Å². The minimum absolute atomic E-state index is 0.182. The Hall–Kier alpha value is -1.14. The predicted molar refractivity (Wildman–Crippen MR) is 72.5 cm³/mol. The predicted octanol–water partition coefficient (Wildman–Crippen LogP) is 2.12. The molecule has 0 aliphatic heterocycles. The number of hydrogen-bond acceptors (Lipinski definition) is 3. The SMILES string of the molecule is CC1CCC(CNS(=O)(=O)c2cccc(F)c2N)C1. The van der Waals surface area contributed by atoms with Gasteiger partial charge in [0.15, 0.2) is 0 Å². The lowest BCUT2D eigenvalue weighted by Crippen LogP contribution is -2.29. The van der Waals surface area contributed by atoms with Crippen LogP contribution in [0.3, 0.4) is 0 Å². The third kappa shape index (κ3) is 3.25. The Morgan fingerprint density at radius 1 is 1.42 bits per heavy atom. The maximum absolute atomic E-state index is 13.3. The van der Waals surface area contributed by atoms with Crippen LogP contribution in [0, 0.1) is 17.7 Å². The third-order valence-corrected chi connectivity index (χ3v) is 5.15. The van der Waals surface area contributed by atoms with Crippen molar-refractivity contribution in [3.63, 3.8) is 0 Å². The first-order valence-corrected chi connectivity index (χ1v) is 7.92. The van der Waals surface area contributed by atoms with Crippen LogP contribution in [0.15, 0.2) is 23.1 Å². The molecular weight excluding hydrogens is 267 g/mol. The van der Waals surface area contributed by atoms with E-state index in [1.165, 1.54) is 12.1 Å². The van der Waals surface area contributed by atoms with E-state index in [2.05, 4.69) is 11.6 Å². The van der Waals surface area contributed by atoms with Gasteiger partial charge in [-0.05, 0) is 36.8 Å². The van der Waals surface area contributed by atoms with Gasteiger partial charge < -0.3 is 5.73 Å². The average Bonchev–Trinajstić information content (AvgIpc) is 2.76. The minimum atomic E-state index is -3.73. The molecule has 1 aromatic rings. The Labute approximate surface area is 113 Å². The average molecular weight is 286 g/mol.